The second kappa shape index (κ2) is 8.48. The van der Waals surface area contributed by atoms with Gasteiger partial charge in [0.05, 0.1) is 29.3 Å². The SMILES string of the molecule is COC(=O)c1ccc(C2(NC(=O)C3(C)CCCN3Cc3ccc(C(F)(F)F)cc3)CC2)cc1. The quantitative estimate of drug-likeness (QED) is 0.638. The topological polar surface area (TPSA) is 58.6 Å². The van der Waals surface area contributed by atoms with E-state index in [2.05, 4.69) is 5.32 Å². The van der Waals surface area contributed by atoms with Gasteiger partial charge in [-0.2, -0.15) is 13.2 Å². The van der Waals surface area contributed by atoms with Crippen LogP contribution in [0.2, 0.25) is 0 Å². The highest BCUT2D eigenvalue weighted by molar-refractivity contribution is 5.89. The van der Waals surface area contributed by atoms with E-state index >= 15 is 0 Å². The van der Waals surface area contributed by atoms with E-state index < -0.39 is 28.8 Å². The second-order valence-electron chi connectivity index (χ2n) is 9.10. The normalized spacial score (nSPS) is 22.1. The van der Waals surface area contributed by atoms with Gasteiger partial charge in [-0.3, -0.25) is 9.69 Å². The fourth-order valence-electron chi connectivity index (χ4n) is 4.56. The predicted octanol–water partition coefficient (Wildman–Crippen LogP) is 4.65. The molecule has 1 amide bonds. The fraction of sp³-hybridized carbons (Fsp3) is 0.440. The van der Waals surface area contributed by atoms with Crippen LogP contribution in [0.3, 0.4) is 0 Å². The highest BCUT2D eigenvalue weighted by Gasteiger charge is 2.51. The Bertz CT molecular complexity index is 1030. The van der Waals surface area contributed by atoms with E-state index in [0.29, 0.717) is 25.1 Å². The molecule has 1 atom stereocenters. The molecule has 176 valence electrons. The van der Waals surface area contributed by atoms with E-state index in [1.807, 2.05) is 24.0 Å². The summed E-state index contributed by atoms with van der Waals surface area (Å²) in [5, 5.41) is 3.23. The van der Waals surface area contributed by atoms with Crippen LogP contribution in [0.25, 0.3) is 0 Å². The first kappa shape index (κ1) is 23.3. The Labute approximate surface area is 190 Å². The van der Waals surface area contributed by atoms with Gasteiger partial charge in [0.15, 0.2) is 0 Å². The third kappa shape index (κ3) is 4.62. The smallest absolute Gasteiger partial charge is 0.416 e. The number of likely N-dealkylation sites (tertiary alicyclic amines) is 1. The standard InChI is InChI=1S/C25H27F3N2O3/c1-23(12-3-15-30(23)16-17-4-8-20(9-5-17)25(26,27)28)22(32)29-24(13-14-24)19-10-6-18(7-11-19)21(31)33-2/h4-11H,3,12-16H2,1-2H3,(H,29,32). The summed E-state index contributed by atoms with van der Waals surface area (Å²) in [5.74, 6) is -0.491. The number of esters is 1. The maximum absolute atomic E-state index is 13.4. The summed E-state index contributed by atoms with van der Waals surface area (Å²) < 4.78 is 43.3. The van der Waals surface area contributed by atoms with E-state index in [4.69, 9.17) is 4.74 Å². The van der Waals surface area contributed by atoms with E-state index in [-0.39, 0.29) is 5.91 Å². The lowest BCUT2D eigenvalue weighted by Gasteiger charge is -2.35. The van der Waals surface area contributed by atoms with Crippen LogP contribution in [0.15, 0.2) is 48.5 Å². The van der Waals surface area contributed by atoms with Crippen molar-refractivity contribution in [2.75, 3.05) is 13.7 Å². The zero-order chi connectivity index (χ0) is 23.9. The Morgan fingerprint density at radius 2 is 1.67 bits per heavy atom. The third-order valence-electron chi connectivity index (χ3n) is 6.89. The number of carbonyl (C=O) groups excluding carboxylic acids is 2. The van der Waals surface area contributed by atoms with Crippen molar-refractivity contribution in [3.05, 3.63) is 70.8 Å². The Morgan fingerprint density at radius 3 is 2.21 bits per heavy atom. The highest BCUT2D eigenvalue weighted by atomic mass is 19.4. The zero-order valence-corrected chi connectivity index (χ0v) is 18.7. The minimum absolute atomic E-state index is 0.0820. The number of nitrogens with zero attached hydrogens (tertiary/aromatic N) is 1. The predicted molar refractivity (Wildman–Crippen MR) is 116 cm³/mol. The van der Waals surface area contributed by atoms with Crippen LogP contribution in [0.1, 0.15) is 59.7 Å². The van der Waals surface area contributed by atoms with Gasteiger partial charge in [-0.15, -0.1) is 0 Å². The number of rotatable bonds is 6. The maximum atomic E-state index is 13.4. The zero-order valence-electron chi connectivity index (χ0n) is 18.7. The van der Waals surface area contributed by atoms with Gasteiger partial charge in [0.2, 0.25) is 5.91 Å². The Hall–Kier alpha value is -2.87. The van der Waals surface area contributed by atoms with Gasteiger partial charge < -0.3 is 10.1 Å². The summed E-state index contributed by atoms with van der Waals surface area (Å²) in [5.41, 5.74) is 0.264. The molecular formula is C25H27F3N2O3. The van der Waals surface area contributed by atoms with Crippen molar-refractivity contribution in [1.82, 2.24) is 10.2 Å². The second-order valence-corrected chi connectivity index (χ2v) is 9.10. The van der Waals surface area contributed by atoms with E-state index in [1.165, 1.54) is 19.2 Å². The molecule has 0 radical (unpaired) electrons. The van der Waals surface area contributed by atoms with Crippen LogP contribution in [0.4, 0.5) is 13.2 Å². The summed E-state index contributed by atoms with van der Waals surface area (Å²) in [6.45, 7) is 3.00. The molecule has 4 rings (SSSR count). The first-order chi connectivity index (χ1) is 15.6. The molecule has 1 saturated heterocycles. The molecule has 0 aromatic heterocycles. The minimum Gasteiger partial charge on any atom is -0.465 e. The monoisotopic (exact) mass is 460 g/mol. The lowest BCUT2D eigenvalue weighted by atomic mass is 9.94. The maximum Gasteiger partial charge on any atom is 0.416 e. The van der Waals surface area contributed by atoms with Crippen molar-refractivity contribution in [3.8, 4) is 0 Å². The van der Waals surface area contributed by atoms with Gasteiger partial charge in [0.25, 0.3) is 0 Å². The lowest BCUT2D eigenvalue weighted by molar-refractivity contribution is -0.137. The van der Waals surface area contributed by atoms with Crippen molar-refractivity contribution in [2.45, 2.75) is 56.4 Å². The molecule has 1 aliphatic carbocycles. The van der Waals surface area contributed by atoms with E-state index in [0.717, 1.165) is 42.5 Å². The summed E-state index contributed by atoms with van der Waals surface area (Å²) in [7, 11) is 1.33. The number of alkyl halides is 3. The molecule has 1 unspecified atom stereocenters. The van der Waals surface area contributed by atoms with E-state index in [9.17, 15) is 22.8 Å². The van der Waals surface area contributed by atoms with Crippen LogP contribution in [-0.2, 0) is 27.8 Å². The molecule has 2 aliphatic rings. The van der Waals surface area contributed by atoms with Crippen LogP contribution in [-0.4, -0.2) is 36.0 Å². The molecule has 0 spiro atoms. The summed E-state index contributed by atoms with van der Waals surface area (Å²) >= 11 is 0. The van der Waals surface area contributed by atoms with Gasteiger partial charge in [-0.1, -0.05) is 24.3 Å². The Morgan fingerprint density at radius 1 is 1.03 bits per heavy atom. The number of hydrogen-bond acceptors (Lipinski definition) is 4. The van der Waals surface area contributed by atoms with Crippen LogP contribution < -0.4 is 5.32 Å². The molecule has 2 fully saturated rings. The van der Waals surface area contributed by atoms with Crippen molar-refractivity contribution < 1.29 is 27.5 Å². The average molecular weight is 460 g/mol. The number of benzene rings is 2. The molecule has 8 heteroatoms. The number of hydrogen-bond donors (Lipinski definition) is 1. The van der Waals surface area contributed by atoms with Gasteiger partial charge in [-0.05, 0) is 74.5 Å². The molecule has 1 saturated carbocycles. The van der Waals surface area contributed by atoms with Gasteiger partial charge >= 0.3 is 12.1 Å². The van der Waals surface area contributed by atoms with Crippen molar-refractivity contribution in [3.63, 3.8) is 0 Å². The van der Waals surface area contributed by atoms with Crippen LogP contribution in [0.5, 0.6) is 0 Å². The molecule has 33 heavy (non-hydrogen) atoms. The summed E-state index contributed by atoms with van der Waals surface area (Å²) in [4.78, 5) is 27.2. The van der Waals surface area contributed by atoms with Crippen molar-refractivity contribution >= 4 is 11.9 Å². The van der Waals surface area contributed by atoms with Gasteiger partial charge in [0, 0.05) is 6.54 Å². The minimum atomic E-state index is -4.37. The molecule has 1 heterocycles. The Kier molecular flexibility index (Phi) is 5.99. The number of amides is 1. The summed E-state index contributed by atoms with van der Waals surface area (Å²) in [6, 6.07) is 12.2. The molecule has 1 N–H and O–H groups in total. The number of ether oxygens (including phenoxy) is 1. The Balaban J connectivity index is 1.46. The largest absolute Gasteiger partial charge is 0.465 e. The average Bonchev–Trinajstić information content (AvgIpc) is 3.48. The summed E-state index contributed by atoms with van der Waals surface area (Å²) in [6.07, 6.45) is -1.23. The van der Waals surface area contributed by atoms with Crippen LogP contribution >= 0.6 is 0 Å². The van der Waals surface area contributed by atoms with Gasteiger partial charge in [0.1, 0.15) is 0 Å². The number of nitrogens with one attached hydrogen (secondary N) is 1. The first-order valence-corrected chi connectivity index (χ1v) is 11.0. The number of carbonyl (C=O) groups is 2. The third-order valence-corrected chi connectivity index (χ3v) is 6.89. The van der Waals surface area contributed by atoms with E-state index in [1.54, 1.807) is 12.1 Å². The molecular weight excluding hydrogens is 433 g/mol. The van der Waals surface area contributed by atoms with Gasteiger partial charge in [-0.25, -0.2) is 4.79 Å². The number of halogens is 3. The molecule has 2 aromatic carbocycles. The molecule has 0 bridgehead atoms. The first-order valence-electron chi connectivity index (χ1n) is 11.0. The molecule has 2 aromatic rings. The van der Waals surface area contributed by atoms with Crippen molar-refractivity contribution in [2.24, 2.45) is 0 Å². The fourth-order valence-corrected chi connectivity index (χ4v) is 4.56. The van der Waals surface area contributed by atoms with Crippen molar-refractivity contribution in [1.29, 1.82) is 0 Å². The molecule has 5 nitrogen and oxygen atoms in total. The van der Waals surface area contributed by atoms with Crippen LogP contribution in [0, 0.1) is 0 Å². The molecule has 1 aliphatic heterocycles. The lowest BCUT2D eigenvalue weighted by Crippen LogP contribution is -2.55. The number of methoxy groups -OCH3 is 1. The highest BCUT2D eigenvalue weighted by Crippen LogP contribution is 2.46.